The van der Waals surface area contributed by atoms with Gasteiger partial charge in [0.25, 0.3) is 0 Å². The number of benzene rings is 2. The highest BCUT2D eigenvalue weighted by atomic mass is 16.5. The molecule has 0 radical (unpaired) electrons. The average molecular weight is 401 g/mol. The zero-order chi connectivity index (χ0) is 21.3. The van der Waals surface area contributed by atoms with Crippen molar-refractivity contribution in [1.29, 1.82) is 0 Å². The molecule has 0 heterocycles. The van der Waals surface area contributed by atoms with Gasteiger partial charge in [0.05, 0.1) is 12.1 Å². The number of amides is 1. The van der Waals surface area contributed by atoms with Crippen LogP contribution in [0.2, 0.25) is 0 Å². The minimum absolute atomic E-state index is 0.273. The van der Waals surface area contributed by atoms with Crippen LogP contribution in [0.5, 0.6) is 5.75 Å². The number of ether oxygens (including phenoxy) is 1. The minimum atomic E-state index is -1.04. The molecule has 158 valence electrons. The number of carboxylic acid groups (broad SMARTS) is 1. The molecule has 0 spiro atoms. The van der Waals surface area contributed by atoms with Gasteiger partial charge in [-0.25, -0.2) is 4.79 Å². The van der Waals surface area contributed by atoms with Gasteiger partial charge in [0.2, 0.25) is 0 Å². The van der Waals surface area contributed by atoms with Crippen molar-refractivity contribution in [3.8, 4) is 5.75 Å². The van der Waals surface area contributed by atoms with Crippen LogP contribution in [0.3, 0.4) is 0 Å². The van der Waals surface area contributed by atoms with Gasteiger partial charge in [-0.2, -0.15) is 0 Å². The predicted molar refractivity (Wildman–Crippen MR) is 114 cm³/mol. The van der Waals surface area contributed by atoms with Crippen LogP contribution < -0.4 is 10.1 Å². The molecule has 6 nitrogen and oxygen atoms in total. The van der Waals surface area contributed by atoms with Gasteiger partial charge in [-0.05, 0) is 44.9 Å². The molecule has 0 saturated heterocycles. The first-order valence-electron chi connectivity index (χ1n) is 9.92. The van der Waals surface area contributed by atoms with E-state index in [1.807, 2.05) is 81.4 Å². The summed E-state index contributed by atoms with van der Waals surface area (Å²) in [6.45, 7) is 6.80. The van der Waals surface area contributed by atoms with Crippen LogP contribution in [0.25, 0.3) is 0 Å². The fraction of sp³-hybridized carbons (Fsp3) is 0.435. The molecule has 6 heteroatoms. The fourth-order valence-corrected chi connectivity index (χ4v) is 3.32. The molecule has 0 aliphatic rings. The first-order chi connectivity index (χ1) is 13.8. The number of para-hydroxylation sites is 1. The maximum atomic E-state index is 12.0. The highest BCUT2D eigenvalue weighted by molar-refractivity contribution is 5.66. The van der Waals surface area contributed by atoms with Crippen molar-refractivity contribution >= 4 is 6.09 Å². The second-order valence-corrected chi connectivity index (χ2v) is 8.01. The normalized spacial score (nSPS) is 13.5. The number of hydrogen-bond acceptors (Lipinski definition) is 4. The van der Waals surface area contributed by atoms with E-state index in [0.29, 0.717) is 19.6 Å². The van der Waals surface area contributed by atoms with Crippen LogP contribution >= 0.6 is 0 Å². The van der Waals surface area contributed by atoms with Crippen LogP contribution in [0.1, 0.15) is 26.3 Å². The molecule has 0 aliphatic carbocycles. The molecule has 0 saturated carbocycles. The SMILES string of the molecule is CC(C)(C)N(C(=O)O)[C@@H](Cc1ccccc1)[C@H](O)CNCCOc1ccccc1. The van der Waals surface area contributed by atoms with Crippen LogP contribution in [0, 0.1) is 0 Å². The molecule has 3 N–H and O–H groups in total. The van der Waals surface area contributed by atoms with Gasteiger partial charge in [-0.3, -0.25) is 4.90 Å². The van der Waals surface area contributed by atoms with Crippen molar-refractivity contribution in [2.24, 2.45) is 0 Å². The zero-order valence-corrected chi connectivity index (χ0v) is 17.4. The molecule has 2 aromatic carbocycles. The van der Waals surface area contributed by atoms with Gasteiger partial charge >= 0.3 is 6.09 Å². The Morgan fingerprint density at radius 1 is 1.07 bits per heavy atom. The van der Waals surface area contributed by atoms with E-state index in [2.05, 4.69) is 5.32 Å². The lowest BCUT2D eigenvalue weighted by molar-refractivity contribution is 0.00764. The number of aliphatic hydroxyl groups is 1. The molecule has 2 atom stereocenters. The monoisotopic (exact) mass is 400 g/mol. The van der Waals surface area contributed by atoms with Gasteiger partial charge in [-0.1, -0.05) is 48.5 Å². The van der Waals surface area contributed by atoms with Crippen LogP contribution in [0.15, 0.2) is 60.7 Å². The first kappa shape index (κ1) is 22.7. The van der Waals surface area contributed by atoms with Gasteiger partial charge in [-0.15, -0.1) is 0 Å². The van der Waals surface area contributed by atoms with Crippen LogP contribution in [-0.4, -0.2) is 58.6 Å². The van der Waals surface area contributed by atoms with Crippen molar-refractivity contribution in [1.82, 2.24) is 10.2 Å². The van der Waals surface area contributed by atoms with E-state index in [0.717, 1.165) is 11.3 Å². The molecule has 0 aliphatic heterocycles. The summed E-state index contributed by atoms with van der Waals surface area (Å²) < 4.78 is 5.64. The number of hydrogen-bond donors (Lipinski definition) is 3. The summed E-state index contributed by atoms with van der Waals surface area (Å²) in [6.07, 6.45) is -1.46. The third-order valence-corrected chi connectivity index (χ3v) is 4.64. The van der Waals surface area contributed by atoms with E-state index in [9.17, 15) is 15.0 Å². The van der Waals surface area contributed by atoms with Gasteiger partial charge in [0.15, 0.2) is 0 Å². The highest BCUT2D eigenvalue weighted by Gasteiger charge is 2.37. The van der Waals surface area contributed by atoms with Crippen molar-refractivity contribution in [3.05, 3.63) is 66.2 Å². The Balaban J connectivity index is 1.98. The first-order valence-corrected chi connectivity index (χ1v) is 9.92. The smallest absolute Gasteiger partial charge is 0.408 e. The van der Waals surface area contributed by atoms with Crippen LogP contribution in [0.4, 0.5) is 4.79 Å². The fourth-order valence-electron chi connectivity index (χ4n) is 3.32. The average Bonchev–Trinajstić information content (AvgIpc) is 2.67. The summed E-state index contributed by atoms with van der Waals surface area (Å²) in [6, 6.07) is 18.6. The molecular weight excluding hydrogens is 368 g/mol. The molecular formula is C23H32N2O4. The zero-order valence-electron chi connectivity index (χ0n) is 17.4. The minimum Gasteiger partial charge on any atom is -0.492 e. The summed E-state index contributed by atoms with van der Waals surface area (Å²) in [5, 5.41) is 23.8. The van der Waals surface area contributed by atoms with Gasteiger partial charge < -0.3 is 20.3 Å². The summed E-state index contributed by atoms with van der Waals surface area (Å²) >= 11 is 0. The van der Waals surface area contributed by atoms with Crippen molar-refractivity contribution in [3.63, 3.8) is 0 Å². The quantitative estimate of drug-likeness (QED) is 0.533. The van der Waals surface area contributed by atoms with E-state index in [-0.39, 0.29) is 6.54 Å². The standard InChI is InChI=1S/C23H32N2O4/c1-23(2,3)25(22(27)28)20(16-18-10-6-4-7-11-18)21(26)17-24-14-15-29-19-12-8-5-9-13-19/h4-13,20-21,24,26H,14-17H2,1-3H3,(H,27,28)/t20-,21+/m0/s1. The number of nitrogens with zero attached hydrogens (tertiary/aromatic N) is 1. The Kier molecular flexibility index (Phi) is 8.49. The third-order valence-electron chi connectivity index (χ3n) is 4.64. The summed E-state index contributed by atoms with van der Waals surface area (Å²) in [7, 11) is 0. The number of aliphatic hydroxyl groups excluding tert-OH is 1. The second kappa shape index (κ2) is 10.8. The van der Waals surface area contributed by atoms with Crippen molar-refractivity contribution in [2.45, 2.75) is 44.9 Å². The highest BCUT2D eigenvalue weighted by Crippen LogP contribution is 2.22. The molecule has 2 rings (SSSR count). The lowest BCUT2D eigenvalue weighted by Gasteiger charge is -2.42. The van der Waals surface area contributed by atoms with Crippen molar-refractivity contribution in [2.75, 3.05) is 19.7 Å². The van der Waals surface area contributed by atoms with Gasteiger partial charge in [0.1, 0.15) is 12.4 Å². The van der Waals surface area contributed by atoms with Gasteiger partial charge in [0, 0.05) is 18.6 Å². The Morgan fingerprint density at radius 2 is 1.66 bits per heavy atom. The van der Waals surface area contributed by atoms with E-state index >= 15 is 0 Å². The molecule has 0 bridgehead atoms. The number of nitrogens with one attached hydrogen (secondary N) is 1. The summed E-state index contributed by atoms with van der Waals surface area (Å²) in [5.74, 6) is 0.793. The van der Waals surface area contributed by atoms with Crippen molar-refractivity contribution < 1.29 is 19.7 Å². The van der Waals surface area contributed by atoms with E-state index in [1.54, 1.807) is 0 Å². The Bertz CT molecular complexity index is 732. The molecule has 0 unspecified atom stereocenters. The topological polar surface area (TPSA) is 82.0 Å². The number of carbonyl (C=O) groups is 1. The third kappa shape index (κ3) is 7.40. The molecule has 0 aromatic heterocycles. The summed E-state index contributed by atoms with van der Waals surface area (Å²) in [4.78, 5) is 13.3. The van der Waals surface area contributed by atoms with E-state index in [4.69, 9.17) is 4.74 Å². The predicted octanol–water partition coefficient (Wildman–Crippen LogP) is 3.41. The Morgan fingerprint density at radius 3 is 2.21 bits per heavy atom. The Labute approximate surface area is 173 Å². The largest absolute Gasteiger partial charge is 0.492 e. The van der Waals surface area contributed by atoms with E-state index in [1.165, 1.54) is 4.90 Å². The maximum absolute atomic E-state index is 12.0. The molecule has 29 heavy (non-hydrogen) atoms. The van der Waals surface area contributed by atoms with E-state index < -0.39 is 23.8 Å². The molecule has 2 aromatic rings. The Hall–Kier alpha value is -2.57. The second-order valence-electron chi connectivity index (χ2n) is 8.01. The molecule has 0 fully saturated rings. The van der Waals surface area contributed by atoms with Crippen LogP contribution in [-0.2, 0) is 6.42 Å². The lowest BCUT2D eigenvalue weighted by atomic mass is 9.94. The summed E-state index contributed by atoms with van der Waals surface area (Å²) in [5.41, 5.74) is 0.349. The maximum Gasteiger partial charge on any atom is 0.408 e. The molecule has 1 amide bonds. The lowest BCUT2D eigenvalue weighted by Crippen LogP contribution is -2.58. The number of rotatable bonds is 10.